The fraction of sp³-hybridized carbons (Fsp3) is 0.533. The molecular weight excluding hydrogens is 246 g/mol. The lowest BCUT2D eigenvalue weighted by atomic mass is 9.65. The number of amides is 1. The Morgan fingerprint density at radius 3 is 2.89 bits per heavy atom. The fourth-order valence-corrected chi connectivity index (χ4v) is 3.97. The summed E-state index contributed by atoms with van der Waals surface area (Å²) in [7, 11) is 0. The molecule has 1 amide bonds. The largest absolute Gasteiger partial charge is 0.346 e. The molecule has 1 heterocycles. The van der Waals surface area contributed by atoms with Crippen molar-refractivity contribution in [3.63, 3.8) is 0 Å². The molecule has 2 fully saturated rings. The molecule has 0 spiro atoms. The molecule has 0 unspecified atom stereocenters. The van der Waals surface area contributed by atoms with Gasteiger partial charge in [0, 0.05) is 11.4 Å². The normalized spacial score (nSPS) is 31.6. The van der Waals surface area contributed by atoms with Crippen molar-refractivity contribution in [2.45, 2.75) is 44.1 Å². The van der Waals surface area contributed by atoms with Crippen LogP contribution in [0, 0.1) is 5.92 Å². The molecule has 1 N–H and O–H groups in total. The summed E-state index contributed by atoms with van der Waals surface area (Å²) in [6.07, 6.45) is 6.32. The first kappa shape index (κ1) is 12.0. The predicted octanol–water partition coefficient (Wildman–Crippen LogP) is 3.64. The van der Waals surface area contributed by atoms with E-state index in [9.17, 15) is 4.79 Å². The van der Waals surface area contributed by atoms with Crippen LogP contribution in [0.4, 0.5) is 0 Å². The van der Waals surface area contributed by atoms with Crippen molar-refractivity contribution in [1.82, 2.24) is 5.32 Å². The van der Waals surface area contributed by atoms with E-state index in [2.05, 4.69) is 11.4 Å². The first-order valence-electron chi connectivity index (χ1n) is 6.78. The number of carbonyl (C=O) groups is 1. The minimum Gasteiger partial charge on any atom is -0.346 e. The third kappa shape index (κ3) is 1.83. The van der Waals surface area contributed by atoms with Gasteiger partial charge < -0.3 is 5.32 Å². The number of rotatable bonds is 1. The zero-order valence-electron chi connectivity index (χ0n) is 10.4. The number of hydrogen-bond acceptors (Lipinski definition) is 1. The van der Waals surface area contributed by atoms with Gasteiger partial charge in [-0.2, -0.15) is 0 Å². The lowest BCUT2D eigenvalue weighted by Crippen LogP contribution is -2.56. The molecule has 0 aromatic heterocycles. The van der Waals surface area contributed by atoms with Crippen molar-refractivity contribution in [1.29, 1.82) is 0 Å². The lowest BCUT2D eigenvalue weighted by Gasteiger charge is -2.48. The Bertz CT molecular complexity index is 473. The Balaban J connectivity index is 2.07. The van der Waals surface area contributed by atoms with E-state index in [0.717, 1.165) is 23.4 Å². The van der Waals surface area contributed by atoms with E-state index in [1.165, 1.54) is 19.3 Å². The van der Waals surface area contributed by atoms with Crippen molar-refractivity contribution >= 4 is 17.5 Å². The zero-order chi connectivity index (χ0) is 12.6. The Morgan fingerprint density at radius 2 is 2.06 bits per heavy atom. The van der Waals surface area contributed by atoms with Crippen molar-refractivity contribution in [3.8, 4) is 0 Å². The smallest absolute Gasteiger partial charge is 0.220 e. The predicted molar refractivity (Wildman–Crippen MR) is 72.5 cm³/mol. The molecule has 3 heteroatoms. The van der Waals surface area contributed by atoms with Crippen molar-refractivity contribution in [2.75, 3.05) is 0 Å². The highest BCUT2D eigenvalue weighted by Gasteiger charge is 2.46. The number of carbonyl (C=O) groups excluding carboxylic acids is 1. The Hall–Kier alpha value is -1.02. The van der Waals surface area contributed by atoms with Crippen LogP contribution in [-0.4, -0.2) is 5.91 Å². The number of nitrogens with one attached hydrogen (secondary N) is 1. The summed E-state index contributed by atoms with van der Waals surface area (Å²) in [5.41, 5.74) is 0.913. The molecular formula is C15H18ClNO. The quantitative estimate of drug-likeness (QED) is 0.824. The van der Waals surface area contributed by atoms with Crippen LogP contribution in [0.3, 0.4) is 0 Å². The van der Waals surface area contributed by atoms with Gasteiger partial charge in [-0.25, -0.2) is 0 Å². The topological polar surface area (TPSA) is 29.1 Å². The van der Waals surface area contributed by atoms with Gasteiger partial charge in [-0.1, -0.05) is 42.6 Å². The van der Waals surface area contributed by atoms with Gasteiger partial charge in [0.1, 0.15) is 0 Å². The standard InChI is InChI=1S/C15H18ClNO/c16-13-7-2-1-6-12(13)15-10-4-3-5-11(15)8-9-14(18)17-15/h1-2,6-7,11H,3-5,8-10H2,(H,17,18)/t11-,15-/m1/s1. The summed E-state index contributed by atoms with van der Waals surface area (Å²) in [5.74, 6) is 0.719. The Labute approximate surface area is 113 Å². The number of fused-ring (bicyclic) bond motifs is 1. The number of piperidine rings is 1. The van der Waals surface area contributed by atoms with Crippen LogP contribution >= 0.6 is 11.6 Å². The van der Waals surface area contributed by atoms with Gasteiger partial charge >= 0.3 is 0 Å². The maximum absolute atomic E-state index is 11.9. The van der Waals surface area contributed by atoms with Crippen LogP contribution in [0.2, 0.25) is 5.02 Å². The van der Waals surface area contributed by atoms with Crippen LogP contribution in [0.25, 0.3) is 0 Å². The van der Waals surface area contributed by atoms with E-state index in [-0.39, 0.29) is 11.4 Å². The molecule has 0 bridgehead atoms. The van der Waals surface area contributed by atoms with Crippen molar-refractivity contribution in [3.05, 3.63) is 34.9 Å². The van der Waals surface area contributed by atoms with Crippen LogP contribution in [0.5, 0.6) is 0 Å². The molecule has 18 heavy (non-hydrogen) atoms. The minimum atomic E-state index is -0.202. The molecule has 1 aromatic carbocycles. The van der Waals surface area contributed by atoms with E-state index >= 15 is 0 Å². The van der Waals surface area contributed by atoms with E-state index in [1.807, 2.05) is 18.2 Å². The number of benzene rings is 1. The molecule has 0 radical (unpaired) electrons. The molecule has 1 saturated carbocycles. The van der Waals surface area contributed by atoms with Gasteiger partial charge in [0.25, 0.3) is 0 Å². The third-order valence-electron chi connectivity index (χ3n) is 4.51. The number of halogens is 1. The highest BCUT2D eigenvalue weighted by atomic mass is 35.5. The van der Waals surface area contributed by atoms with Gasteiger partial charge in [-0.3, -0.25) is 4.79 Å². The molecule has 2 aliphatic rings. The average molecular weight is 264 g/mol. The van der Waals surface area contributed by atoms with Gasteiger partial charge in [-0.05, 0) is 36.8 Å². The second-order valence-corrected chi connectivity index (χ2v) is 5.89. The van der Waals surface area contributed by atoms with Crippen molar-refractivity contribution in [2.24, 2.45) is 5.92 Å². The Morgan fingerprint density at radius 1 is 1.22 bits per heavy atom. The number of hydrogen-bond donors (Lipinski definition) is 1. The van der Waals surface area contributed by atoms with E-state index in [4.69, 9.17) is 11.6 Å². The van der Waals surface area contributed by atoms with E-state index < -0.39 is 0 Å². The molecule has 1 aliphatic carbocycles. The summed E-state index contributed by atoms with van der Waals surface area (Å²) in [4.78, 5) is 11.9. The fourth-order valence-electron chi connectivity index (χ4n) is 3.66. The second kappa shape index (κ2) is 4.58. The minimum absolute atomic E-state index is 0.174. The summed E-state index contributed by atoms with van der Waals surface area (Å²) in [6.45, 7) is 0. The maximum Gasteiger partial charge on any atom is 0.220 e. The summed E-state index contributed by atoms with van der Waals surface area (Å²) in [6, 6.07) is 7.97. The summed E-state index contributed by atoms with van der Waals surface area (Å²) < 4.78 is 0. The van der Waals surface area contributed by atoms with Crippen LogP contribution in [0.15, 0.2) is 24.3 Å². The highest BCUT2D eigenvalue weighted by Crippen LogP contribution is 2.47. The van der Waals surface area contributed by atoms with Crippen molar-refractivity contribution < 1.29 is 4.79 Å². The second-order valence-electron chi connectivity index (χ2n) is 5.48. The molecule has 2 atom stereocenters. The third-order valence-corrected chi connectivity index (χ3v) is 4.84. The molecule has 2 nitrogen and oxygen atoms in total. The van der Waals surface area contributed by atoms with Crippen LogP contribution < -0.4 is 5.32 Å². The zero-order valence-corrected chi connectivity index (χ0v) is 11.2. The monoisotopic (exact) mass is 263 g/mol. The maximum atomic E-state index is 11.9. The van der Waals surface area contributed by atoms with Gasteiger partial charge in [-0.15, -0.1) is 0 Å². The molecule has 1 aromatic rings. The molecule has 3 rings (SSSR count). The van der Waals surface area contributed by atoms with Crippen LogP contribution in [-0.2, 0) is 10.3 Å². The van der Waals surface area contributed by atoms with Gasteiger partial charge in [0.2, 0.25) is 5.91 Å². The SMILES string of the molecule is O=C1CC[C@H]2CCCC[C@@]2(c2ccccc2Cl)N1. The average Bonchev–Trinajstić information content (AvgIpc) is 2.38. The molecule has 1 saturated heterocycles. The summed E-state index contributed by atoms with van der Waals surface area (Å²) >= 11 is 6.37. The van der Waals surface area contributed by atoms with Crippen LogP contribution in [0.1, 0.15) is 44.1 Å². The first-order chi connectivity index (χ1) is 8.72. The Kier molecular flexibility index (Phi) is 3.06. The summed E-state index contributed by atoms with van der Waals surface area (Å²) in [5, 5.41) is 4.05. The first-order valence-corrected chi connectivity index (χ1v) is 7.16. The van der Waals surface area contributed by atoms with Gasteiger partial charge in [0.05, 0.1) is 5.54 Å². The van der Waals surface area contributed by atoms with Gasteiger partial charge in [0.15, 0.2) is 0 Å². The molecule has 96 valence electrons. The highest BCUT2D eigenvalue weighted by molar-refractivity contribution is 6.31. The lowest BCUT2D eigenvalue weighted by molar-refractivity contribution is -0.128. The van der Waals surface area contributed by atoms with E-state index in [0.29, 0.717) is 12.3 Å². The van der Waals surface area contributed by atoms with E-state index in [1.54, 1.807) is 0 Å². The molecule has 1 aliphatic heterocycles.